The van der Waals surface area contributed by atoms with Gasteiger partial charge in [-0.25, -0.2) is 9.59 Å². The summed E-state index contributed by atoms with van der Waals surface area (Å²) in [4.78, 5) is 37.4. The normalized spacial score (nSPS) is 11.5. The van der Waals surface area contributed by atoms with Crippen LogP contribution in [0, 0.1) is 16.2 Å². The van der Waals surface area contributed by atoms with Gasteiger partial charge >= 0.3 is 17.9 Å². The van der Waals surface area contributed by atoms with Crippen LogP contribution in [0.25, 0.3) is 0 Å². The highest BCUT2D eigenvalue weighted by Crippen LogP contribution is 2.42. The molecule has 9 nitrogen and oxygen atoms in total. The number of nitro benzene ring substituents is 1. The zero-order valence-corrected chi connectivity index (χ0v) is 19.4. The molecule has 2 amide bonds. The zero-order valence-electron chi connectivity index (χ0n) is 18.7. The van der Waals surface area contributed by atoms with E-state index in [0.29, 0.717) is 10.6 Å². The van der Waals surface area contributed by atoms with Crippen molar-refractivity contribution in [1.82, 2.24) is 0 Å². The molecule has 0 heterocycles. The highest BCUT2D eigenvalue weighted by molar-refractivity contribution is 6.37. The van der Waals surface area contributed by atoms with Crippen LogP contribution in [-0.4, -0.2) is 28.3 Å². The summed E-state index contributed by atoms with van der Waals surface area (Å²) in [6.07, 6.45) is -2.16. The predicted octanol–water partition coefficient (Wildman–Crippen LogP) is 6.47. The molecule has 2 rings (SSSR count). The average Bonchev–Trinajstić information content (AvgIpc) is 2.61. The van der Waals surface area contributed by atoms with Gasteiger partial charge in [0.15, 0.2) is 0 Å². The third kappa shape index (κ3) is 6.58. The van der Waals surface area contributed by atoms with Gasteiger partial charge in [-0.05, 0) is 71.9 Å². The van der Waals surface area contributed by atoms with Crippen molar-refractivity contribution in [3.63, 3.8) is 0 Å². The second-order valence-electron chi connectivity index (χ2n) is 8.76. The number of halogens is 1. The Hall–Kier alpha value is -3.33. The third-order valence-corrected chi connectivity index (χ3v) is 4.04. The van der Waals surface area contributed by atoms with Crippen LogP contribution in [0.2, 0.25) is 5.02 Å². The van der Waals surface area contributed by atoms with Crippen molar-refractivity contribution in [1.29, 1.82) is 0 Å². The van der Waals surface area contributed by atoms with E-state index >= 15 is 0 Å². The molecule has 0 saturated heterocycles. The number of anilines is 3. The monoisotopic (exact) mass is 462 g/mol. The SMILES string of the molecule is CC(C)(C)OC(=O)N(C(=O)OC(C)(C)C)c1ccc(Nc2cc[c]cc2)c([N+](=O)[O-])c1Cl. The molecule has 0 bridgehead atoms. The van der Waals surface area contributed by atoms with Crippen molar-refractivity contribution in [3.05, 3.63) is 57.6 Å². The van der Waals surface area contributed by atoms with E-state index in [1.54, 1.807) is 65.8 Å². The quantitative estimate of drug-likeness (QED) is 0.409. The van der Waals surface area contributed by atoms with E-state index in [1.165, 1.54) is 12.1 Å². The van der Waals surface area contributed by atoms with Gasteiger partial charge in [-0.15, -0.1) is 0 Å². The summed E-state index contributed by atoms with van der Waals surface area (Å²) in [5.74, 6) is 0. The lowest BCUT2D eigenvalue weighted by atomic mass is 10.2. The van der Waals surface area contributed by atoms with Crippen LogP contribution < -0.4 is 10.2 Å². The first kappa shape index (κ1) is 24.9. The molecular formula is C22H25ClN3O6. The molecule has 0 spiro atoms. The number of nitro groups is 1. The first-order valence-corrected chi connectivity index (χ1v) is 10.0. The van der Waals surface area contributed by atoms with Crippen LogP contribution >= 0.6 is 11.6 Å². The van der Waals surface area contributed by atoms with Gasteiger partial charge in [0.2, 0.25) is 0 Å². The second kappa shape index (κ2) is 9.44. The van der Waals surface area contributed by atoms with Crippen LogP contribution in [0.1, 0.15) is 41.5 Å². The number of benzene rings is 2. The molecule has 0 aromatic heterocycles. The predicted molar refractivity (Wildman–Crippen MR) is 122 cm³/mol. The largest absolute Gasteiger partial charge is 0.443 e. The summed E-state index contributed by atoms with van der Waals surface area (Å²) in [5, 5.41) is 14.3. The average molecular weight is 463 g/mol. The first-order valence-electron chi connectivity index (χ1n) is 9.66. The Balaban J connectivity index is 2.59. The molecule has 0 unspecified atom stereocenters. The summed E-state index contributed by atoms with van der Waals surface area (Å²) in [7, 11) is 0. The van der Waals surface area contributed by atoms with Crippen LogP contribution in [-0.2, 0) is 9.47 Å². The van der Waals surface area contributed by atoms with Gasteiger partial charge in [0.1, 0.15) is 21.9 Å². The lowest BCUT2D eigenvalue weighted by Gasteiger charge is -2.29. The van der Waals surface area contributed by atoms with Gasteiger partial charge < -0.3 is 14.8 Å². The number of nitrogens with one attached hydrogen (secondary N) is 1. The molecule has 0 saturated carbocycles. The van der Waals surface area contributed by atoms with Crippen molar-refractivity contribution >= 4 is 46.5 Å². The van der Waals surface area contributed by atoms with E-state index < -0.39 is 39.0 Å². The van der Waals surface area contributed by atoms with Gasteiger partial charge in [0.25, 0.3) is 0 Å². The van der Waals surface area contributed by atoms with E-state index in [1.807, 2.05) is 0 Å². The van der Waals surface area contributed by atoms with Gasteiger partial charge in [-0.1, -0.05) is 23.7 Å². The highest BCUT2D eigenvalue weighted by Gasteiger charge is 2.36. The number of nitrogens with zero attached hydrogens (tertiary/aromatic N) is 2. The Morgan fingerprint density at radius 3 is 1.94 bits per heavy atom. The first-order chi connectivity index (χ1) is 14.7. The molecule has 0 aliphatic rings. The fourth-order valence-corrected chi connectivity index (χ4v) is 2.84. The van der Waals surface area contributed by atoms with Crippen molar-refractivity contribution < 1.29 is 24.0 Å². The Labute approximate surface area is 191 Å². The lowest BCUT2D eigenvalue weighted by molar-refractivity contribution is -0.383. The maximum absolute atomic E-state index is 12.9. The minimum Gasteiger partial charge on any atom is -0.443 e. The standard InChI is InChI=1S/C22H25ClN3O6/c1-21(2,3)31-19(27)25(20(28)32-22(4,5)6)16-13-12-15(18(17(16)23)26(29)30)24-14-10-8-7-9-11-14/h8-13,24H,1-6H3. The van der Waals surface area contributed by atoms with Crippen molar-refractivity contribution in [2.75, 3.05) is 10.2 Å². The highest BCUT2D eigenvalue weighted by atomic mass is 35.5. The smallest absolute Gasteiger partial charge is 0.424 e. The van der Waals surface area contributed by atoms with Crippen molar-refractivity contribution in [3.8, 4) is 0 Å². The third-order valence-electron chi connectivity index (χ3n) is 3.67. The maximum atomic E-state index is 12.9. The van der Waals surface area contributed by atoms with Crippen LogP contribution in [0.4, 0.5) is 32.3 Å². The molecule has 2 aromatic rings. The molecule has 32 heavy (non-hydrogen) atoms. The summed E-state index contributed by atoms with van der Waals surface area (Å²) in [6.45, 7) is 9.71. The van der Waals surface area contributed by atoms with Gasteiger partial charge in [-0.2, -0.15) is 4.90 Å². The molecule has 10 heteroatoms. The van der Waals surface area contributed by atoms with Gasteiger partial charge in [0.05, 0.1) is 10.6 Å². The van der Waals surface area contributed by atoms with Crippen LogP contribution in [0.15, 0.2) is 36.4 Å². The number of carbonyl (C=O) groups is 2. The maximum Gasteiger partial charge on any atom is 0.424 e. The second-order valence-corrected chi connectivity index (χ2v) is 9.14. The molecule has 0 atom stereocenters. The number of imide groups is 1. The molecule has 0 aliphatic carbocycles. The molecular weight excluding hydrogens is 438 g/mol. The fourth-order valence-electron chi connectivity index (χ4n) is 2.52. The molecule has 1 N–H and O–H groups in total. The number of rotatable bonds is 4. The van der Waals surface area contributed by atoms with E-state index in [2.05, 4.69) is 11.4 Å². The van der Waals surface area contributed by atoms with Crippen LogP contribution in [0.5, 0.6) is 0 Å². The number of amides is 2. The Kier molecular flexibility index (Phi) is 7.35. The minimum atomic E-state index is -1.08. The Morgan fingerprint density at radius 1 is 1.00 bits per heavy atom. The molecule has 171 valence electrons. The number of carbonyl (C=O) groups excluding carboxylic acids is 2. The van der Waals surface area contributed by atoms with E-state index in [9.17, 15) is 19.7 Å². The lowest BCUT2D eigenvalue weighted by Crippen LogP contribution is -2.44. The van der Waals surface area contributed by atoms with E-state index in [4.69, 9.17) is 21.1 Å². The summed E-state index contributed by atoms with van der Waals surface area (Å²) < 4.78 is 10.6. The Morgan fingerprint density at radius 2 is 1.50 bits per heavy atom. The number of ether oxygens (including phenoxy) is 2. The van der Waals surface area contributed by atoms with Crippen LogP contribution in [0.3, 0.4) is 0 Å². The number of hydrogen-bond donors (Lipinski definition) is 1. The fraction of sp³-hybridized carbons (Fsp3) is 0.364. The topological polar surface area (TPSA) is 111 Å². The van der Waals surface area contributed by atoms with Crippen molar-refractivity contribution in [2.45, 2.75) is 52.7 Å². The van der Waals surface area contributed by atoms with Crippen molar-refractivity contribution in [2.24, 2.45) is 0 Å². The minimum absolute atomic E-state index is 0.0725. The zero-order chi connectivity index (χ0) is 24.3. The summed E-state index contributed by atoms with van der Waals surface area (Å²) in [5.41, 5.74) is -2.01. The molecule has 0 fully saturated rings. The van der Waals surface area contributed by atoms with Gasteiger partial charge in [0, 0.05) is 5.69 Å². The molecule has 0 aliphatic heterocycles. The number of hydrogen-bond acceptors (Lipinski definition) is 7. The summed E-state index contributed by atoms with van der Waals surface area (Å²) in [6, 6.07) is 12.1. The van der Waals surface area contributed by atoms with E-state index in [-0.39, 0.29) is 11.4 Å². The van der Waals surface area contributed by atoms with E-state index in [0.717, 1.165) is 0 Å². The molecule has 2 aromatic carbocycles. The molecule has 1 radical (unpaired) electrons. The van der Waals surface area contributed by atoms with Gasteiger partial charge in [-0.3, -0.25) is 10.1 Å². The summed E-state index contributed by atoms with van der Waals surface area (Å²) >= 11 is 6.36. The Bertz CT molecular complexity index is 985.